The summed E-state index contributed by atoms with van der Waals surface area (Å²) in [4.78, 5) is 25.3. The van der Waals surface area contributed by atoms with E-state index in [4.69, 9.17) is 11.5 Å². The Hall–Kier alpha value is -1.54. The summed E-state index contributed by atoms with van der Waals surface area (Å²) >= 11 is 0. The standard InChI is InChI=1S/C9H13NO4/c1-2-3-4-5-6-8(11)10-14-7-9(12)13/h1H,3-7H2,(H,10,11)(H,12,13). The molecule has 0 saturated carbocycles. The van der Waals surface area contributed by atoms with Crippen LogP contribution in [0.25, 0.3) is 0 Å². The Bertz CT molecular complexity index is 231. The van der Waals surface area contributed by atoms with Gasteiger partial charge in [-0.25, -0.2) is 10.3 Å². The van der Waals surface area contributed by atoms with Crippen molar-refractivity contribution in [1.29, 1.82) is 0 Å². The number of unbranched alkanes of at least 4 members (excludes halogenated alkanes) is 2. The Balaban J connectivity index is 3.29. The number of amides is 1. The minimum Gasteiger partial charge on any atom is -0.479 e. The summed E-state index contributed by atoms with van der Waals surface area (Å²) in [6, 6.07) is 0. The lowest BCUT2D eigenvalue weighted by Crippen LogP contribution is -2.26. The molecule has 0 bridgehead atoms. The summed E-state index contributed by atoms with van der Waals surface area (Å²) in [5.41, 5.74) is 2.02. The Morgan fingerprint density at radius 2 is 2.14 bits per heavy atom. The first-order chi connectivity index (χ1) is 6.66. The third-order valence-electron chi connectivity index (χ3n) is 1.36. The third-order valence-corrected chi connectivity index (χ3v) is 1.36. The highest BCUT2D eigenvalue weighted by atomic mass is 16.7. The van der Waals surface area contributed by atoms with Crippen LogP contribution in [0.15, 0.2) is 0 Å². The predicted molar refractivity (Wildman–Crippen MR) is 49.0 cm³/mol. The smallest absolute Gasteiger partial charge is 0.332 e. The number of hydroxylamine groups is 1. The van der Waals surface area contributed by atoms with Crippen molar-refractivity contribution >= 4 is 11.9 Å². The number of hydrogen-bond acceptors (Lipinski definition) is 3. The Kier molecular flexibility index (Phi) is 7.19. The molecule has 0 radical (unpaired) electrons. The molecule has 14 heavy (non-hydrogen) atoms. The van der Waals surface area contributed by atoms with Gasteiger partial charge in [0.15, 0.2) is 6.61 Å². The van der Waals surface area contributed by atoms with Crippen molar-refractivity contribution in [2.75, 3.05) is 6.61 Å². The largest absolute Gasteiger partial charge is 0.479 e. The summed E-state index contributed by atoms with van der Waals surface area (Å²) in [6.45, 7) is -0.532. The molecule has 0 heterocycles. The van der Waals surface area contributed by atoms with E-state index < -0.39 is 12.6 Å². The molecule has 0 rings (SSSR count). The van der Waals surface area contributed by atoms with Crippen LogP contribution in [0.1, 0.15) is 25.7 Å². The lowest BCUT2D eigenvalue weighted by molar-refractivity contribution is -0.149. The van der Waals surface area contributed by atoms with E-state index in [2.05, 4.69) is 10.8 Å². The van der Waals surface area contributed by atoms with Crippen LogP contribution < -0.4 is 5.48 Å². The van der Waals surface area contributed by atoms with Gasteiger partial charge >= 0.3 is 5.97 Å². The van der Waals surface area contributed by atoms with E-state index in [1.54, 1.807) is 0 Å². The zero-order valence-electron chi connectivity index (χ0n) is 7.78. The topological polar surface area (TPSA) is 75.6 Å². The molecule has 2 N–H and O–H groups in total. The molecule has 0 aromatic rings. The number of hydrogen-bond donors (Lipinski definition) is 2. The number of carboxylic acids is 1. The van der Waals surface area contributed by atoms with Crippen LogP contribution in [0.2, 0.25) is 0 Å². The Labute approximate surface area is 82.4 Å². The van der Waals surface area contributed by atoms with Gasteiger partial charge in [-0.1, -0.05) is 0 Å². The van der Waals surface area contributed by atoms with Gasteiger partial charge in [-0.2, -0.15) is 0 Å². The van der Waals surface area contributed by atoms with Gasteiger partial charge in [-0.3, -0.25) is 9.63 Å². The average molecular weight is 199 g/mol. The lowest BCUT2D eigenvalue weighted by atomic mass is 10.2. The molecule has 5 nitrogen and oxygen atoms in total. The molecule has 0 aliphatic carbocycles. The van der Waals surface area contributed by atoms with Crippen molar-refractivity contribution in [1.82, 2.24) is 5.48 Å². The molecule has 78 valence electrons. The maximum absolute atomic E-state index is 10.9. The van der Waals surface area contributed by atoms with Crippen molar-refractivity contribution in [2.45, 2.75) is 25.7 Å². The molecular formula is C9H13NO4. The molecule has 0 aliphatic heterocycles. The van der Waals surface area contributed by atoms with Crippen LogP contribution in [0.4, 0.5) is 0 Å². The van der Waals surface area contributed by atoms with Gasteiger partial charge in [-0.05, 0) is 12.8 Å². The number of carbonyl (C=O) groups excluding carboxylic acids is 1. The SMILES string of the molecule is C#CCCCCC(=O)NOCC(=O)O. The fraction of sp³-hybridized carbons (Fsp3) is 0.556. The first-order valence-corrected chi connectivity index (χ1v) is 4.22. The van der Waals surface area contributed by atoms with Gasteiger partial charge in [0.05, 0.1) is 0 Å². The second-order valence-corrected chi connectivity index (χ2v) is 2.62. The molecule has 1 amide bonds. The van der Waals surface area contributed by atoms with Crippen molar-refractivity contribution in [3.63, 3.8) is 0 Å². The number of carbonyl (C=O) groups is 2. The highest BCUT2D eigenvalue weighted by Crippen LogP contribution is 1.98. The number of carboxylic acid groups (broad SMARTS) is 1. The van der Waals surface area contributed by atoms with E-state index in [0.29, 0.717) is 19.3 Å². The molecule has 0 aromatic heterocycles. The second-order valence-electron chi connectivity index (χ2n) is 2.62. The second kappa shape index (κ2) is 8.08. The van der Waals surface area contributed by atoms with Gasteiger partial charge in [0, 0.05) is 12.8 Å². The van der Waals surface area contributed by atoms with Crippen molar-refractivity contribution < 1.29 is 19.5 Å². The van der Waals surface area contributed by atoms with Gasteiger partial charge < -0.3 is 5.11 Å². The molecular weight excluding hydrogens is 186 g/mol. The minimum absolute atomic E-state index is 0.293. The number of aliphatic carboxylic acids is 1. The summed E-state index contributed by atoms with van der Waals surface area (Å²) in [7, 11) is 0. The highest BCUT2D eigenvalue weighted by Gasteiger charge is 2.02. The molecule has 5 heteroatoms. The Morgan fingerprint density at radius 3 is 2.71 bits per heavy atom. The molecule has 0 atom stereocenters. The maximum atomic E-state index is 10.9. The van der Waals surface area contributed by atoms with Gasteiger partial charge in [0.25, 0.3) is 0 Å². The van der Waals surface area contributed by atoms with Crippen molar-refractivity contribution in [3.8, 4) is 12.3 Å². The van der Waals surface area contributed by atoms with E-state index in [1.165, 1.54) is 0 Å². The monoisotopic (exact) mass is 199 g/mol. The van der Waals surface area contributed by atoms with Crippen LogP contribution in [-0.4, -0.2) is 23.6 Å². The first kappa shape index (κ1) is 12.5. The molecule has 0 fully saturated rings. The lowest BCUT2D eigenvalue weighted by Gasteiger charge is -2.02. The van der Waals surface area contributed by atoms with Gasteiger partial charge in [0.1, 0.15) is 0 Å². The normalized spacial score (nSPS) is 9.07. The predicted octanol–water partition coefficient (Wildman–Crippen LogP) is 0.312. The van der Waals surface area contributed by atoms with Crippen molar-refractivity contribution in [2.24, 2.45) is 0 Å². The molecule has 0 unspecified atom stereocenters. The number of terminal acetylenes is 1. The molecule has 0 aliphatic rings. The van der Waals surface area contributed by atoms with E-state index in [1.807, 2.05) is 5.48 Å². The fourth-order valence-corrected chi connectivity index (χ4v) is 0.742. The quantitative estimate of drug-likeness (QED) is 0.351. The van der Waals surface area contributed by atoms with Crippen LogP contribution in [0, 0.1) is 12.3 Å². The minimum atomic E-state index is -1.13. The number of rotatable bonds is 7. The van der Waals surface area contributed by atoms with E-state index in [9.17, 15) is 9.59 Å². The average Bonchev–Trinajstić information content (AvgIpc) is 2.12. The highest BCUT2D eigenvalue weighted by molar-refractivity contribution is 5.75. The van der Waals surface area contributed by atoms with Crippen LogP contribution in [-0.2, 0) is 14.4 Å². The molecule has 0 saturated heterocycles. The number of nitrogens with one attached hydrogen (secondary N) is 1. The summed E-state index contributed by atoms with van der Waals surface area (Å²) < 4.78 is 0. The van der Waals surface area contributed by atoms with Gasteiger partial charge in [-0.15, -0.1) is 12.3 Å². The molecule has 0 aromatic carbocycles. The maximum Gasteiger partial charge on any atom is 0.332 e. The summed E-state index contributed by atoms with van der Waals surface area (Å²) in [5, 5.41) is 8.17. The van der Waals surface area contributed by atoms with Crippen LogP contribution in [0.5, 0.6) is 0 Å². The van der Waals surface area contributed by atoms with E-state index in [-0.39, 0.29) is 5.91 Å². The van der Waals surface area contributed by atoms with Crippen molar-refractivity contribution in [3.05, 3.63) is 0 Å². The van der Waals surface area contributed by atoms with E-state index >= 15 is 0 Å². The van der Waals surface area contributed by atoms with E-state index in [0.717, 1.165) is 6.42 Å². The van der Waals surface area contributed by atoms with Gasteiger partial charge in [0.2, 0.25) is 5.91 Å². The summed E-state index contributed by atoms with van der Waals surface area (Å²) in [6.07, 6.45) is 7.41. The molecule has 0 spiro atoms. The third kappa shape index (κ3) is 8.56. The zero-order chi connectivity index (χ0) is 10.8. The fourth-order valence-electron chi connectivity index (χ4n) is 0.742. The summed E-state index contributed by atoms with van der Waals surface area (Å²) in [5.74, 6) is 1.00. The Morgan fingerprint density at radius 1 is 1.43 bits per heavy atom. The zero-order valence-corrected chi connectivity index (χ0v) is 7.78. The first-order valence-electron chi connectivity index (χ1n) is 4.22. The van der Waals surface area contributed by atoms with Crippen LogP contribution in [0.3, 0.4) is 0 Å². The van der Waals surface area contributed by atoms with Crippen LogP contribution >= 0.6 is 0 Å².